The van der Waals surface area contributed by atoms with Crippen molar-refractivity contribution in [2.75, 3.05) is 11.9 Å². The van der Waals surface area contributed by atoms with E-state index in [0.717, 1.165) is 25.2 Å². The van der Waals surface area contributed by atoms with Crippen LogP contribution < -0.4 is 10.6 Å². The molecule has 4 nitrogen and oxygen atoms in total. The molecule has 0 amide bonds. The Labute approximate surface area is 105 Å². The van der Waals surface area contributed by atoms with Gasteiger partial charge in [-0.05, 0) is 18.4 Å². The lowest BCUT2D eigenvalue weighted by Gasteiger charge is -2.04. The van der Waals surface area contributed by atoms with Gasteiger partial charge in [-0.15, -0.1) is 11.3 Å². The predicted octanol–water partition coefficient (Wildman–Crippen LogP) is 2.26. The average molecular weight is 248 g/mol. The van der Waals surface area contributed by atoms with Crippen LogP contribution in [0.2, 0.25) is 0 Å². The molecule has 0 spiro atoms. The van der Waals surface area contributed by atoms with Gasteiger partial charge in [-0.2, -0.15) is 0 Å². The summed E-state index contributed by atoms with van der Waals surface area (Å²) in [6, 6.07) is 4.19. The van der Waals surface area contributed by atoms with Crippen molar-refractivity contribution in [1.29, 1.82) is 0 Å². The minimum absolute atomic E-state index is 0.689. The summed E-state index contributed by atoms with van der Waals surface area (Å²) in [5.74, 6) is 0.689. The van der Waals surface area contributed by atoms with E-state index in [1.54, 1.807) is 11.3 Å². The van der Waals surface area contributed by atoms with Crippen LogP contribution in [0.15, 0.2) is 29.9 Å². The SMILES string of the molecule is CCNc1ncc(CNCc2cccs2)cn1. The Bertz CT molecular complexity index is 424. The Morgan fingerprint density at radius 3 is 2.71 bits per heavy atom. The number of aromatic nitrogens is 2. The predicted molar refractivity (Wildman–Crippen MR) is 71.1 cm³/mol. The summed E-state index contributed by atoms with van der Waals surface area (Å²) in [6.45, 7) is 4.56. The molecule has 5 heteroatoms. The van der Waals surface area contributed by atoms with Crippen molar-refractivity contribution in [1.82, 2.24) is 15.3 Å². The molecule has 2 N–H and O–H groups in total. The third-order valence-electron chi connectivity index (χ3n) is 2.25. The highest BCUT2D eigenvalue weighted by Crippen LogP contribution is 2.08. The fourth-order valence-corrected chi connectivity index (χ4v) is 2.11. The van der Waals surface area contributed by atoms with Crippen molar-refractivity contribution < 1.29 is 0 Å². The number of anilines is 1. The summed E-state index contributed by atoms with van der Waals surface area (Å²) in [7, 11) is 0. The van der Waals surface area contributed by atoms with Gasteiger partial charge in [0.25, 0.3) is 0 Å². The van der Waals surface area contributed by atoms with Crippen molar-refractivity contribution in [3.63, 3.8) is 0 Å². The zero-order valence-corrected chi connectivity index (χ0v) is 10.6. The van der Waals surface area contributed by atoms with Crippen LogP contribution in [0.5, 0.6) is 0 Å². The van der Waals surface area contributed by atoms with Gasteiger partial charge in [0.15, 0.2) is 0 Å². The van der Waals surface area contributed by atoms with Gasteiger partial charge in [0.05, 0.1) is 0 Å². The minimum Gasteiger partial charge on any atom is -0.355 e. The number of hydrogen-bond acceptors (Lipinski definition) is 5. The molecule has 0 aliphatic heterocycles. The molecule has 0 aliphatic rings. The standard InChI is InChI=1S/C12H16N4S/c1-2-14-12-15-7-10(8-16-12)6-13-9-11-4-3-5-17-11/h3-5,7-8,13H,2,6,9H2,1H3,(H,14,15,16). The molecular weight excluding hydrogens is 232 g/mol. The van der Waals surface area contributed by atoms with Gasteiger partial charge in [0.2, 0.25) is 5.95 Å². The van der Waals surface area contributed by atoms with Crippen molar-refractivity contribution in [3.05, 3.63) is 40.3 Å². The maximum atomic E-state index is 4.22. The van der Waals surface area contributed by atoms with E-state index in [2.05, 4.69) is 38.1 Å². The second-order valence-electron chi connectivity index (χ2n) is 3.63. The summed E-state index contributed by atoms with van der Waals surface area (Å²) in [5.41, 5.74) is 1.10. The summed E-state index contributed by atoms with van der Waals surface area (Å²) in [4.78, 5) is 9.79. The van der Waals surface area contributed by atoms with E-state index >= 15 is 0 Å². The van der Waals surface area contributed by atoms with E-state index in [1.807, 2.05) is 19.3 Å². The largest absolute Gasteiger partial charge is 0.355 e. The van der Waals surface area contributed by atoms with Gasteiger partial charge in [-0.3, -0.25) is 0 Å². The van der Waals surface area contributed by atoms with Crippen LogP contribution in [-0.4, -0.2) is 16.5 Å². The maximum Gasteiger partial charge on any atom is 0.222 e. The minimum atomic E-state index is 0.689. The first-order valence-electron chi connectivity index (χ1n) is 5.66. The lowest BCUT2D eigenvalue weighted by molar-refractivity contribution is 0.696. The molecule has 17 heavy (non-hydrogen) atoms. The number of hydrogen-bond donors (Lipinski definition) is 2. The Balaban J connectivity index is 1.79. The summed E-state index contributed by atoms with van der Waals surface area (Å²) in [5, 5.41) is 8.53. The molecule has 2 aromatic rings. The van der Waals surface area contributed by atoms with Crippen molar-refractivity contribution >= 4 is 17.3 Å². The summed E-state index contributed by atoms with van der Waals surface area (Å²) >= 11 is 1.76. The molecular formula is C12H16N4S. The van der Waals surface area contributed by atoms with Crippen LogP contribution in [0.1, 0.15) is 17.4 Å². The van der Waals surface area contributed by atoms with Crippen LogP contribution in [0, 0.1) is 0 Å². The lowest BCUT2D eigenvalue weighted by Crippen LogP contribution is -2.12. The van der Waals surface area contributed by atoms with Gasteiger partial charge in [-0.25, -0.2) is 9.97 Å². The molecule has 0 radical (unpaired) electrons. The van der Waals surface area contributed by atoms with Crippen molar-refractivity contribution in [3.8, 4) is 0 Å². The molecule has 2 heterocycles. The van der Waals surface area contributed by atoms with Crippen LogP contribution >= 0.6 is 11.3 Å². The van der Waals surface area contributed by atoms with Crippen LogP contribution in [0.4, 0.5) is 5.95 Å². The maximum absolute atomic E-state index is 4.22. The zero-order valence-electron chi connectivity index (χ0n) is 9.81. The summed E-state index contributed by atoms with van der Waals surface area (Å²) < 4.78 is 0. The molecule has 90 valence electrons. The first-order valence-corrected chi connectivity index (χ1v) is 6.54. The van der Waals surface area contributed by atoms with E-state index in [0.29, 0.717) is 5.95 Å². The van der Waals surface area contributed by atoms with Crippen LogP contribution in [0.25, 0.3) is 0 Å². The first kappa shape index (κ1) is 12.0. The molecule has 2 rings (SSSR count). The van der Waals surface area contributed by atoms with E-state index in [9.17, 15) is 0 Å². The monoisotopic (exact) mass is 248 g/mol. The molecule has 0 unspecified atom stereocenters. The smallest absolute Gasteiger partial charge is 0.222 e. The number of thiophene rings is 1. The van der Waals surface area contributed by atoms with Crippen molar-refractivity contribution in [2.24, 2.45) is 0 Å². The van der Waals surface area contributed by atoms with Crippen LogP contribution in [0.3, 0.4) is 0 Å². The highest BCUT2D eigenvalue weighted by Gasteiger charge is 1.97. The number of rotatable bonds is 6. The second-order valence-corrected chi connectivity index (χ2v) is 4.66. The van der Waals surface area contributed by atoms with Gasteiger partial charge in [0, 0.05) is 42.5 Å². The second kappa shape index (κ2) is 6.32. The fourth-order valence-electron chi connectivity index (χ4n) is 1.44. The normalized spacial score (nSPS) is 10.4. The van der Waals surface area contributed by atoms with E-state index < -0.39 is 0 Å². The molecule has 0 saturated carbocycles. The third-order valence-corrected chi connectivity index (χ3v) is 3.13. The van der Waals surface area contributed by atoms with Gasteiger partial charge in [0.1, 0.15) is 0 Å². The molecule has 0 saturated heterocycles. The summed E-state index contributed by atoms with van der Waals surface area (Å²) in [6.07, 6.45) is 3.71. The topological polar surface area (TPSA) is 49.8 Å². The molecule has 0 fully saturated rings. The Morgan fingerprint density at radius 2 is 2.06 bits per heavy atom. The molecule has 0 bridgehead atoms. The molecule has 2 aromatic heterocycles. The van der Waals surface area contributed by atoms with E-state index in [1.165, 1.54) is 4.88 Å². The molecule has 0 aromatic carbocycles. The number of nitrogens with zero attached hydrogens (tertiary/aromatic N) is 2. The van der Waals surface area contributed by atoms with Gasteiger partial charge < -0.3 is 10.6 Å². The van der Waals surface area contributed by atoms with E-state index in [4.69, 9.17) is 0 Å². The van der Waals surface area contributed by atoms with Gasteiger partial charge in [-0.1, -0.05) is 6.07 Å². The first-order chi connectivity index (χ1) is 8.38. The van der Waals surface area contributed by atoms with Gasteiger partial charge >= 0.3 is 0 Å². The van der Waals surface area contributed by atoms with Crippen LogP contribution in [-0.2, 0) is 13.1 Å². The Morgan fingerprint density at radius 1 is 1.24 bits per heavy atom. The van der Waals surface area contributed by atoms with Crippen molar-refractivity contribution in [2.45, 2.75) is 20.0 Å². The molecule has 0 aliphatic carbocycles. The Kier molecular flexibility index (Phi) is 4.46. The zero-order chi connectivity index (χ0) is 11.9. The quantitative estimate of drug-likeness (QED) is 0.823. The number of nitrogens with one attached hydrogen (secondary N) is 2. The van der Waals surface area contributed by atoms with E-state index in [-0.39, 0.29) is 0 Å². The fraction of sp³-hybridized carbons (Fsp3) is 0.333. The Hall–Kier alpha value is -1.46. The highest BCUT2D eigenvalue weighted by atomic mass is 32.1. The third kappa shape index (κ3) is 3.80. The molecule has 0 atom stereocenters. The highest BCUT2D eigenvalue weighted by molar-refractivity contribution is 7.09. The lowest BCUT2D eigenvalue weighted by atomic mass is 10.3. The average Bonchev–Trinajstić information content (AvgIpc) is 2.85.